The number of thiazole rings is 1. The Morgan fingerprint density at radius 3 is 1.75 bits per heavy atom. The zero-order valence-electron chi connectivity index (χ0n) is 80.6. The standard InChI is InChI=1S/C100H130N12O27S2/c1-68(2)87(108-91(117)83(112-85(113)28-29-86(112)114)57-70-18-24-75(25-19-70)137-55-54-136-53-52-135-51-50-134-49-48-133-47-46-132-45-44-131-43-42-130-41-40-129-39-38-128-37-36-127-35-34-126-6)92(118)106-82(14-10-30-102-94(101)121)90(116)104-74-22-16-71(17-23-74)60-138-96(122)110(32-56-141(123,124)125)31-33-139-100-64-97(4)61-98(5,65-100)63-99(62-97,66-100)67-111-69(3)79(59-103-111)76-26-27-80(105-88(76)93(119)120)73-21-20-72-11-9-12-77(78(72)58-73)89(115)109-95-107-81-13-7-8-15-84(81)140-95/h7-9,11-13,15-29,58-59,68,82-83,87H,10,14,30-57,60-67H2,1-6H3,(H,104,116)(H,106,118)(H,108,117)(H,119,120)(H3,101,102,121)(H,107,109,115)(H,123,124,125)/t82-,83-,87-,97?,98?,99?,100?/m0/s1. The van der Waals surface area contributed by atoms with Crippen molar-refractivity contribution in [2.75, 3.05) is 195 Å². The van der Waals surface area contributed by atoms with E-state index in [9.17, 15) is 61.2 Å². The van der Waals surface area contributed by atoms with Crippen LogP contribution in [-0.2, 0) is 115 Å². The van der Waals surface area contributed by atoms with Gasteiger partial charge in [-0.1, -0.05) is 99.7 Å². The van der Waals surface area contributed by atoms with E-state index >= 15 is 0 Å². The zero-order valence-corrected chi connectivity index (χ0v) is 82.3. The minimum atomic E-state index is -4.56. The number of anilines is 2. The number of benzene rings is 5. The van der Waals surface area contributed by atoms with Gasteiger partial charge < -0.3 is 103 Å². The topological polar surface area (TPSA) is 494 Å². The van der Waals surface area contributed by atoms with Crippen molar-refractivity contribution in [1.82, 2.24) is 45.5 Å². The van der Waals surface area contributed by atoms with Crippen LogP contribution < -0.4 is 37.1 Å². The quantitative estimate of drug-likeness (QED) is 0.00997. The summed E-state index contributed by atoms with van der Waals surface area (Å²) in [6.45, 7) is 18.8. The number of methoxy groups -OCH3 is 1. The van der Waals surface area contributed by atoms with E-state index in [-0.39, 0.29) is 92.3 Å². The van der Waals surface area contributed by atoms with E-state index in [0.717, 1.165) is 70.5 Å². The number of urea groups is 1. The first-order chi connectivity index (χ1) is 67.9. The van der Waals surface area contributed by atoms with E-state index < -0.39 is 99.7 Å². The van der Waals surface area contributed by atoms with Crippen LogP contribution >= 0.6 is 11.3 Å². The van der Waals surface area contributed by atoms with E-state index in [1.807, 2.05) is 60.1 Å². The van der Waals surface area contributed by atoms with Gasteiger partial charge in [0.2, 0.25) is 17.7 Å². The SMILES string of the molecule is COCCOCCOCCOCCOCCOCCOCCOCCOCCOCCOCCOc1ccc(C[C@@H](C(=O)N[C@H](C(=O)N[C@@H](CCCNC(N)=O)C(=O)Nc2ccc(COC(=O)N(CCOC34CC5(C)CC(C)(CC(Cn6ncc(-c7ccc(-c8ccc9cccc(C(=O)Nc%10nc%11ccccc%11s%10)c9c8)nc7C(=O)O)c6C)(C5)C3)C4)CCS(=O)(=O)O)cc2)C(C)C)N2C(=O)C=CC2=O)cc1. The Balaban J connectivity index is 0.569. The maximum atomic E-state index is 14.5. The van der Waals surface area contributed by atoms with Crippen molar-refractivity contribution >= 4 is 107 Å². The fourth-order valence-electron chi connectivity index (χ4n) is 19.3. The molecule has 764 valence electrons. The number of primary amides is 1. The predicted molar refractivity (Wildman–Crippen MR) is 522 cm³/mol. The van der Waals surface area contributed by atoms with Gasteiger partial charge in [0, 0.05) is 85.5 Å². The van der Waals surface area contributed by atoms with Crippen LogP contribution in [0.3, 0.4) is 0 Å². The van der Waals surface area contributed by atoms with E-state index in [4.69, 9.17) is 82.1 Å². The molecule has 4 heterocycles. The number of amides is 9. The lowest BCUT2D eigenvalue weighted by molar-refractivity contribution is -0.248. The average molecular weight is 2000 g/mol. The van der Waals surface area contributed by atoms with Crippen LogP contribution in [0.1, 0.15) is 117 Å². The number of hydrogen-bond acceptors (Lipinski definition) is 29. The number of carbonyl (C=O) groups is 9. The fourth-order valence-corrected chi connectivity index (χ4v) is 20.7. The van der Waals surface area contributed by atoms with Crippen molar-refractivity contribution in [3.63, 3.8) is 0 Å². The molecule has 4 bridgehead atoms. The summed E-state index contributed by atoms with van der Waals surface area (Å²) >= 11 is 1.37. The molecule has 0 radical (unpaired) electrons. The lowest BCUT2D eigenvalue weighted by atomic mass is 9.39. The van der Waals surface area contributed by atoms with Crippen LogP contribution in [0.2, 0.25) is 0 Å². The number of nitrogens with one attached hydrogen (secondary N) is 5. The van der Waals surface area contributed by atoms with Crippen LogP contribution in [0.5, 0.6) is 5.75 Å². The number of aromatic carboxylic acids is 1. The number of imide groups is 1. The summed E-state index contributed by atoms with van der Waals surface area (Å²) in [5.74, 6) is -6.28. The molecule has 0 spiro atoms. The van der Waals surface area contributed by atoms with Gasteiger partial charge in [0.15, 0.2) is 10.8 Å². The highest BCUT2D eigenvalue weighted by Gasteiger charge is 2.66. The molecular weight excluding hydrogens is 1870 g/mol. The van der Waals surface area contributed by atoms with Crippen molar-refractivity contribution in [2.45, 2.75) is 129 Å². The second-order valence-corrected chi connectivity index (χ2v) is 39.1. The number of aromatic nitrogens is 4. The van der Waals surface area contributed by atoms with Gasteiger partial charge in [-0.15, -0.1) is 0 Å². The molecule has 141 heavy (non-hydrogen) atoms. The molecule has 13 rings (SSSR count). The zero-order chi connectivity index (χ0) is 100. The second kappa shape index (κ2) is 53.1. The molecule has 0 saturated heterocycles. The number of pyridine rings is 1. The van der Waals surface area contributed by atoms with Crippen LogP contribution in [0.4, 0.5) is 20.4 Å². The Morgan fingerprint density at radius 1 is 0.603 bits per heavy atom. The number of nitrogens with two attached hydrogens (primary N) is 1. The first-order valence-electron chi connectivity index (χ1n) is 47.4. The summed E-state index contributed by atoms with van der Waals surface area (Å²) in [4.78, 5) is 134. The Kier molecular flexibility index (Phi) is 40.8. The number of rotatable bonds is 64. The molecule has 5 aliphatic rings. The molecule has 9 amide bonds. The predicted octanol–water partition coefficient (Wildman–Crippen LogP) is 10.0. The summed E-state index contributed by atoms with van der Waals surface area (Å²) in [6, 6.07) is 30.2. The van der Waals surface area contributed by atoms with Gasteiger partial charge in [-0.2, -0.15) is 13.5 Å². The first kappa shape index (κ1) is 108. The maximum Gasteiger partial charge on any atom is 0.410 e. The van der Waals surface area contributed by atoms with Crippen LogP contribution in [0.15, 0.2) is 140 Å². The monoisotopic (exact) mass is 1990 g/mol. The molecule has 4 aliphatic carbocycles. The molecule has 39 nitrogen and oxygen atoms in total. The number of hydrogen-bond donors (Lipinski definition) is 8. The summed E-state index contributed by atoms with van der Waals surface area (Å²) in [5, 5.41) is 31.3. The smallest absolute Gasteiger partial charge is 0.410 e. The third-order valence-corrected chi connectivity index (χ3v) is 26.4. The Labute approximate surface area is 823 Å². The molecule has 1 aliphatic heterocycles. The van der Waals surface area contributed by atoms with Crippen LogP contribution in [0.25, 0.3) is 43.4 Å². The molecule has 8 aromatic rings. The van der Waals surface area contributed by atoms with E-state index in [1.54, 1.807) is 87.8 Å². The van der Waals surface area contributed by atoms with Crippen molar-refractivity contribution < 1.29 is 128 Å². The van der Waals surface area contributed by atoms with Crippen molar-refractivity contribution in [2.24, 2.45) is 27.9 Å². The number of carboxylic acid groups (broad SMARTS) is 1. The normalized spacial score (nSPS) is 18.2. The van der Waals surface area contributed by atoms with Gasteiger partial charge >= 0.3 is 18.1 Å². The largest absolute Gasteiger partial charge is 0.491 e. The Bertz CT molecular complexity index is 5600. The third kappa shape index (κ3) is 32.8. The molecule has 9 N–H and O–H groups in total. The number of carbonyl (C=O) groups excluding carboxylic acids is 8. The summed E-state index contributed by atoms with van der Waals surface area (Å²) in [7, 11) is -2.93. The molecule has 4 fully saturated rings. The summed E-state index contributed by atoms with van der Waals surface area (Å²) in [6.07, 6.45) is 7.65. The Hall–Kier alpha value is -11.4. The minimum absolute atomic E-state index is 0.00684. The van der Waals surface area contributed by atoms with E-state index in [0.29, 0.717) is 200 Å². The van der Waals surface area contributed by atoms with Crippen molar-refractivity contribution in [3.05, 3.63) is 168 Å². The number of ether oxygens (including phenoxy) is 14. The van der Waals surface area contributed by atoms with Gasteiger partial charge in [0.05, 0.1) is 179 Å². The molecule has 2 unspecified atom stereocenters. The highest BCUT2D eigenvalue weighted by Crippen LogP contribution is 2.72. The Morgan fingerprint density at radius 2 is 1.18 bits per heavy atom. The van der Waals surface area contributed by atoms with Crippen molar-refractivity contribution in [3.8, 4) is 28.1 Å². The number of para-hydroxylation sites is 1. The lowest BCUT2D eigenvalue weighted by Crippen LogP contribution is -2.64. The summed E-state index contributed by atoms with van der Waals surface area (Å²) in [5.41, 5.74) is 9.07. The van der Waals surface area contributed by atoms with Gasteiger partial charge in [-0.25, -0.2) is 24.4 Å². The fraction of sp³-hybridized carbons (Fsp3) is 0.520. The molecule has 3 aromatic heterocycles. The highest BCUT2D eigenvalue weighted by atomic mass is 32.2. The number of nitrogens with zero attached hydrogens (tertiary/aromatic N) is 6. The lowest BCUT2D eigenvalue weighted by Gasteiger charge is -2.69. The second-order valence-electron chi connectivity index (χ2n) is 36.5. The van der Waals surface area contributed by atoms with Gasteiger partial charge in [-0.3, -0.25) is 48.2 Å². The third-order valence-electron chi connectivity index (χ3n) is 24.7. The van der Waals surface area contributed by atoms with Crippen LogP contribution in [0, 0.1) is 29.1 Å². The first-order valence-corrected chi connectivity index (χ1v) is 49.9. The molecule has 5 aromatic carbocycles. The molecular formula is C100H130N12O27S2. The van der Waals surface area contributed by atoms with Gasteiger partial charge in [0.25, 0.3) is 27.8 Å². The minimum Gasteiger partial charge on any atom is -0.491 e. The van der Waals surface area contributed by atoms with E-state index in [2.05, 4.69) is 45.4 Å². The number of carboxylic acids is 1. The highest BCUT2D eigenvalue weighted by molar-refractivity contribution is 7.85. The number of fused-ring (bicyclic) bond motifs is 2. The van der Waals surface area contributed by atoms with Gasteiger partial charge in [-0.05, 0) is 163 Å². The van der Waals surface area contributed by atoms with E-state index in [1.165, 1.54) is 28.4 Å². The van der Waals surface area contributed by atoms with Crippen LogP contribution in [-0.4, -0.2) is 309 Å². The molecule has 5 atom stereocenters. The summed E-state index contributed by atoms with van der Waals surface area (Å²) < 4.78 is 116. The molecule has 4 saturated carbocycles. The van der Waals surface area contributed by atoms with Gasteiger partial charge in [0.1, 0.15) is 37.1 Å². The van der Waals surface area contributed by atoms with Crippen molar-refractivity contribution in [1.29, 1.82) is 0 Å². The average Bonchev–Trinajstić information content (AvgIpc) is 1.05. The molecule has 41 heteroatoms. The maximum absolute atomic E-state index is 14.5.